The smallest absolute Gasteiger partial charge is 0.208 e. The Hall–Kier alpha value is -2.25. The molecule has 0 bridgehead atoms. The third-order valence-electron chi connectivity index (χ3n) is 6.78. The number of carbonyl (C=O) groups is 1. The van der Waals surface area contributed by atoms with E-state index in [0.29, 0.717) is 29.3 Å². The van der Waals surface area contributed by atoms with Gasteiger partial charge < -0.3 is 9.88 Å². The number of H-pyrrole nitrogens is 1. The van der Waals surface area contributed by atoms with Crippen molar-refractivity contribution in [3.05, 3.63) is 41.0 Å². The van der Waals surface area contributed by atoms with Crippen LogP contribution >= 0.6 is 11.3 Å². The Morgan fingerprint density at radius 1 is 1.06 bits per heavy atom. The summed E-state index contributed by atoms with van der Waals surface area (Å²) in [6.45, 7) is 12.9. The predicted octanol–water partition coefficient (Wildman–Crippen LogP) is 5.42. The first-order valence-corrected chi connectivity index (χ1v) is 13.1. The van der Waals surface area contributed by atoms with Crippen LogP contribution in [0.5, 0.6) is 0 Å². The summed E-state index contributed by atoms with van der Waals surface area (Å²) in [5.74, 6) is 1.07. The predicted molar refractivity (Wildman–Crippen MR) is 137 cm³/mol. The van der Waals surface area contributed by atoms with Crippen LogP contribution in [0.4, 0.5) is 5.13 Å². The zero-order chi connectivity index (χ0) is 23.4. The summed E-state index contributed by atoms with van der Waals surface area (Å²) in [7, 11) is 0. The number of fused-ring (bicyclic) bond motifs is 1. The number of anilines is 1. The van der Waals surface area contributed by atoms with E-state index in [1.807, 2.05) is 0 Å². The minimum Gasteiger partial charge on any atom is -0.361 e. The Bertz CT molecular complexity index is 1050. The number of Topliss-reactive ketones (excluding diaryl/α,β-unsaturated/α-hetero) is 1. The van der Waals surface area contributed by atoms with Crippen molar-refractivity contribution in [3.8, 4) is 0 Å². The van der Waals surface area contributed by atoms with E-state index < -0.39 is 0 Å². The monoisotopic (exact) mass is 467 g/mol. The van der Waals surface area contributed by atoms with Crippen LogP contribution in [0.2, 0.25) is 0 Å². The minimum absolute atomic E-state index is 0.133. The van der Waals surface area contributed by atoms with Gasteiger partial charge >= 0.3 is 0 Å². The Balaban J connectivity index is 1.41. The van der Waals surface area contributed by atoms with Gasteiger partial charge in [-0.1, -0.05) is 49.8 Å². The fourth-order valence-electron chi connectivity index (χ4n) is 4.69. The van der Waals surface area contributed by atoms with Crippen LogP contribution < -0.4 is 4.90 Å². The molecule has 4 rings (SSSR count). The molecule has 1 aliphatic rings. The summed E-state index contributed by atoms with van der Waals surface area (Å²) >= 11 is 1.46. The van der Waals surface area contributed by atoms with E-state index in [0.717, 1.165) is 56.1 Å². The molecule has 2 aromatic heterocycles. The molecule has 1 aromatic carbocycles. The number of hydrogen-bond donors (Lipinski definition) is 1. The fourth-order valence-corrected chi connectivity index (χ4v) is 5.54. The van der Waals surface area contributed by atoms with Crippen molar-refractivity contribution in [2.45, 2.75) is 59.4 Å². The minimum atomic E-state index is 0.133. The Labute approximate surface area is 201 Å². The number of nitrogens with one attached hydrogen (secondary N) is 1. The topological polar surface area (TPSA) is 65.1 Å². The van der Waals surface area contributed by atoms with Gasteiger partial charge in [-0.2, -0.15) is 0 Å². The number of aromatic amines is 1. The van der Waals surface area contributed by atoms with Crippen LogP contribution in [-0.4, -0.2) is 58.1 Å². The molecule has 7 heteroatoms. The number of rotatable bonds is 10. The Morgan fingerprint density at radius 2 is 1.82 bits per heavy atom. The van der Waals surface area contributed by atoms with Gasteiger partial charge in [0.15, 0.2) is 10.8 Å². The number of benzene rings is 1. The van der Waals surface area contributed by atoms with Crippen LogP contribution in [0.3, 0.4) is 0 Å². The largest absolute Gasteiger partial charge is 0.361 e. The summed E-state index contributed by atoms with van der Waals surface area (Å²) in [6.07, 6.45) is 5.72. The average molecular weight is 468 g/mol. The van der Waals surface area contributed by atoms with Crippen molar-refractivity contribution in [2.75, 3.05) is 31.1 Å². The van der Waals surface area contributed by atoms with Crippen molar-refractivity contribution in [1.29, 1.82) is 0 Å². The molecule has 1 unspecified atom stereocenters. The maximum atomic E-state index is 13.2. The molecule has 3 aromatic rings. The SMILES string of the molecule is CC(C)CCC(CC(=O)c1nnc(N2CCN(C(C)C)CC2)s1)Cc1c[nH]c2ccccc12. The van der Waals surface area contributed by atoms with Gasteiger partial charge in [0.1, 0.15) is 0 Å². The number of ketones is 1. The number of para-hydroxylation sites is 1. The highest BCUT2D eigenvalue weighted by Gasteiger charge is 2.24. The number of piperazine rings is 1. The van der Waals surface area contributed by atoms with Crippen LogP contribution in [0.1, 0.15) is 62.3 Å². The maximum absolute atomic E-state index is 13.2. The zero-order valence-corrected chi connectivity index (χ0v) is 21.2. The van der Waals surface area contributed by atoms with Crippen LogP contribution in [0.25, 0.3) is 10.9 Å². The first-order chi connectivity index (χ1) is 15.9. The second kappa shape index (κ2) is 10.8. The van der Waals surface area contributed by atoms with E-state index in [-0.39, 0.29) is 5.78 Å². The van der Waals surface area contributed by atoms with Gasteiger partial charge in [-0.25, -0.2) is 0 Å². The molecule has 1 aliphatic heterocycles. The molecular formula is C26H37N5OS. The Morgan fingerprint density at radius 3 is 2.55 bits per heavy atom. The molecule has 178 valence electrons. The highest BCUT2D eigenvalue weighted by molar-refractivity contribution is 7.17. The van der Waals surface area contributed by atoms with E-state index in [4.69, 9.17) is 0 Å². The summed E-state index contributed by atoms with van der Waals surface area (Å²) in [5, 5.41) is 11.4. The van der Waals surface area contributed by atoms with E-state index in [9.17, 15) is 4.79 Å². The molecule has 0 spiro atoms. The van der Waals surface area contributed by atoms with Gasteiger partial charge in [0.2, 0.25) is 5.13 Å². The van der Waals surface area contributed by atoms with Gasteiger partial charge in [-0.15, -0.1) is 10.2 Å². The van der Waals surface area contributed by atoms with E-state index in [1.54, 1.807) is 0 Å². The van der Waals surface area contributed by atoms with Crippen molar-refractivity contribution in [1.82, 2.24) is 20.1 Å². The molecule has 3 heterocycles. The quantitative estimate of drug-likeness (QED) is 0.404. The lowest BCUT2D eigenvalue weighted by Crippen LogP contribution is -2.48. The van der Waals surface area contributed by atoms with Gasteiger partial charge in [0.05, 0.1) is 0 Å². The van der Waals surface area contributed by atoms with Gasteiger partial charge in [-0.05, 0) is 50.2 Å². The lowest BCUT2D eigenvalue weighted by molar-refractivity contribution is 0.0956. The van der Waals surface area contributed by atoms with Gasteiger partial charge in [0, 0.05) is 55.7 Å². The fraction of sp³-hybridized carbons (Fsp3) is 0.577. The molecule has 1 saturated heterocycles. The highest BCUT2D eigenvalue weighted by Crippen LogP contribution is 2.29. The normalized spacial score (nSPS) is 16.2. The lowest BCUT2D eigenvalue weighted by Gasteiger charge is -2.36. The Kier molecular flexibility index (Phi) is 7.81. The lowest BCUT2D eigenvalue weighted by atomic mass is 9.88. The first-order valence-electron chi connectivity index (χ1n) is 12.3. The standard InChI is InChI=1S/C26H37N5OS/c1-18(2)9-10-20(15-21-17-27-23-8-6-5-7-22(21)23)16-24(32)25-28-29-26(33-25)31-13-11-30(12-14-31)19(3)4/h5-8,17-20,27H,9-16H2,1-4H3. The molecule has 1 atom stereocenters. The second-order valence-corrected chi connectivity index (χ2v) is 11.0. The summed E-state index contributed by atoms with van der Waals surface area (Å²) in [4.78, 5) is 21.3. The first kappa shape index (κ1) is 23.9. The molecule has 1 N–H and O–H groups in total. The number of nitrogens with zero attached hydrogens (tertiary/aromatic N) is 4. The average Bonchev–Trinajstić information content (AvgIpc) is 3.45. The maximum Gasteiger partial charge on any atom is 0.208 e. The van der Waals surface area contributed by atoms with Crippen LogP contribution in [0, 0.1) is 11.8 Å². The molecular weight excluding hydrogens is 430 g/mol. The molecule has 1 fully saturated rings. The summed E-state index contributed by atoms with van der Waals surface area (Å²) < 4.78 is 0. The van der Waals surface area contributed by atoms with Crippen molar-refractivity contribution in [2.24, 2.45) is 11.8 Å². The van der Waals surface area contributed by atoms with E-state index in [1.165, 1.54) is 22.3 Å². The van der Waals surface area contributed by atoms with Crippen LogP contribution in [0.15, 0.2) is 30.5 Å². The second-order valence-electron chi connectivity index (χ2n) is 10.0. The number of hydrogen-bond acceptors (Lipinski definition) is 6. The van der Waals surface area contributed by atoms with Gasteiger partial charge in [-0.3, -0.25) is 9.69 Å². The summed E-state index contributed by atoms with van der Waals surface area (Å²) in [6, 6.07) is 8.98. The van der Waals surface area contributed by atoms with Crippen molar-refractivity contribution >= 4 is 33.2 Å². The van der Waals surface area contributed by atoms with Crippen molar-refractivity contribution in [3.63, 3.8) is 0 Å². The zero-order valence-electron chi connectivity index (χ0n) is 20.4. The molecule has 6 nitrogen and oxygen atoms in total. The van der Waals surface area contributed by atoms with Crippen LogP contribution in [-0.2, 0) is 6.42 Å². The summed E-state index contributed by atoms with van der Waals surface area (Å²) in [5.41, 5.74) is 2.46. The molecule has 0 radical (unpaired) electrons. The molecule has 0 saturated carbocycles. The van der Waals surface area contributed by atoms with E-state index >= 15 is 0 Å². The van der Waals surface area contributed by atoms with Crippen molar-refractivity contribution < 1.29 is 4.79 Å². The highest BCUT2D eigenvalue weighted by atomic mass is 32.1. The molecule has 0 aliphatic carbocycles. The molecule has 0 amide bonds. The number of carbonyl (C=O) groups excluding carboxylic acids is 1. The van der Waals surface area contributed by atoms with Gasteiger partial charge in [0.25, 0.3) is 0 Å². The van der Waals surface area contributed by atoms with E-state index in [2.05, 4.69) is 83.1 Å². The molecule has 33 heavy (non-hydrogen) atoms. The third kappa shape index (κ3) is 6.01. The number of aromatic nitrogens is 3. The third-order valence-corrected chi connectivity index (χ3v) is 7.80.